The van der Waals surface area contributed by atoms with E-state index in [9.17, 15) is 23.6 Å². The van der Waals surface area contributed by atoms with Crippen LogP contribution in [0.3, 0.4) is 0 Å². The van der Waals surface area contributed by atoms with Gasteiger partial charge in [-0.25, -0.2) is 4.39 Å². The molecule has 25 heavy (non-hydrogen) atoms. The van der Waals surface area contributed by atoms with E-state index >= 15 is 0 Å². The van der Waals surface area contributed by atoms with Gasteiger partial charge in [0.15, 0.2) is 0 Å². The van der Waals surface area contributed by atoms with Gasteiger partial charge in [0.1, 0.15) is 23.7 Å². The van der Waals surface area contributed by atoms with E-state index in [2.05, 4.69) is 10.6 Å². The predicted octanol–water partition coefficient (Wildman–Crippen LogP) is 0.212. The van der Waals surface area contributed by atoms with Crippen molar-refractivity contribution in [1.82, 2.24) is 10.6 Å². The molecule has 0 radical (unpaired) electrons. The van der Waals surface area contributed by atoms with Crippen LogP contribution < -0.4 is 16.4 Å². The number of primary amides is 1. The SMILES string of the molecule is CC(=O)CC[C@H](NC(=O)[C@H](Cc1ccc(F)cc1)NC(C)=O)C(N)=O. The standard InChI is InChI=1S/C17H22FN3O4/c1-10(22)3-8-14(16(19)24)21-17(25)15(20-11(2)23)9-12-4-6-13(18)7-5-12/h4-7,14-15H,3,8-9H2,1-2H3,(H2,19,24)(H,20,23)(H,21,25)/t14-,15-/m0/s1. The van der Waals surface area contributed by atoms with Crippen LogP contribution in [-0.2, 0) is 25.6 Å². The molecule has 0 aliphatic heterocycles. The number of carbonyl (C=O) groups excluding carboxylic acids is 4. The van der Waals surface area contributed by atoms with Crippen LogP contribution in [0.25, 0.3) is 0 Å². The maximum absolute atomic E-state index is 13.0. The predicted molar refractivity (Wildman–Crippen MR) is 88.7 cm³/mol. The lowest BCUT2D eigenvalue weighted by Gasteiger charge is -2.21. The molecule has 0 fully saturated rings. The van der Waals surface area contributed by atoms with E-state index in [-0.39, 0.29) is 25.0 Å². The molecule has 0 saturated carbocycles. The zero-order chi connectivity index (χ0) is 19.0. The van der Waals surface area contributed by atoms with E-state index in [1.807, 2.05) is 0 Å². The minimum atomic E-state index is -1.01. The van der Waals surface area contributed by atoms with Crippen LogP contribution in [0.1, 0.15) is 32.3 Å². The molecule has 0 bridgehead atoms. The second-order valence-corrected chi connectivity index (χ2v) is 5.79. The number of carbonyl (C=O) groups is 4. The van der Waals surface area contributed by atoms with Crippen LogP contribution >= 0.6 is 0 Å². The number of hydrogen-bond donors (Lipinski definition) is 3. The Kier molecular flexibility index (Phi) is 7.71. The van der Waals surface area contributed by atoms with Crippen LogP contribution in [-0.4, -0.2) is 35.6 Å². The number of ketones is 1. The van der Waals surface area contributed by atoms with Gasteiger partial charge in [-0.3, -0.25) is 14.4 Å². The molecule has 2 atom stereocenters. The fourth-order valence-electron chi connectivity index (χ4n) is 2.22. The summed E-state index contributed by atoms with van der Waals surface area (Å²) < 4.78 is 13.0. The number of benzene rings is 1. The highest BCUT2D eigenvalue weighted by molar-refractivity contribution is 5.91. The fraction of sp³-hybridized carbons (Fsp3) is 0.412. The zero-order valence-electron chi connectivity index (χ0n) is 14.2. The van der Waals surface area contributed by atoms with Gasteiger partial charge in [-0.2, -0.15) is 0 Å². The summed E-state index contributed by atoms with van der Waals surface area (Å²) in [6.07, 6.45) is 0.292. The van der Waals surface area contributed by atoms with Crippen molar-refractivity contribution in [3.05, 3.63) is 35.6 Å². The summed E-state index contributed by atoms with van der Waals surface area (Å²) in [5.74, 6) is -2.35. The number of hydrogen-bond acceptors (Lipinski definition) is 4. The number of amides is 3. The van der Waals surface area contributed by atoms with Gasteiger partial charge in [-0.1, -0.05) is 12.1 Å². The second-order valence-electron chi connectivity index (χ2n) is 5.79. The lowest BCUT2D eigenvalue weighted by Crippen LogP contribution is -2.53. The monoisotopic (exact) mass is 351 g/mol. The fourth-order valence-corrected chi connectivity index (χ4v) is 2.22. The first-order valence-corrected chi connectivity index (χ1v) is 7.79. The molecule has 0 aliphatic carbocycles. The van der Waals surface area contributed by atoms with E-state index in [1.54, 1.807) is 0 Å². The molecule has 1 aromatic rings. The number of Topliss-reactive ketones (excluding diaryl/α,β-unsaturated/α-hetero) is 1. The van der Waals surface area contributed by atoms with Gasteiger partial charge in [0.25, 0.3) is 0 Å². The van der Waals surface area contributed by atoms with Gasteiger partial charge in [0, 0.05) is 19.8 Å². The summed E-state index contributed by atoms with van der Waals surface area (Å²) in [7, 11) is 0. The lowest BCUT2D eigenvalue weighted by molar-refractivity contribution is -0.131. The lowest BCUT2D eigenvalue weighted by atomic mass is 10.0. The first-order chi connectivity index (χ1) is 11.7. The van der Waals surface area contributed by atoms with Crippen LogP contribution in [0.4, 0.5) is 4.39 Å². The van der Waals surface area contributed by atoms with Crippen molar-refractivity contribution < 1.29 is 23.6 Å². The largest absolute Gasteiger partial charge is 0.368 e. The molecule has 1 rings (SSSR count). The van der Waals surface area contributed by atoms with Crippen molar-refractivity contribution >= 4 is 23.5 Å². The van der Waals surface area contributed by atoms with Gasteiger partial charge < -0.3 is 21.2 Å². The Morgan fingerprint density at radius 1 is 1.04 bits per heavy atom. The number of rotatable bonds is 9. The van der Waals surface area contributed by atoms with Crippen molar-refractivity contribution in [2.24, 2.45) is 5.73 Å². The van der Waals surface area contributed by atoms with E-state index in [1.165, 1.54) is 38.1 Å². The van der Waals surface area contributed by atoms with Crippen LogP contribution in [0.15, 0.2) is 24.3 Å². The third kappa shape index (κ3) is 7.56. The summed E-state index contributed by atoms with van der Waals surface area (Å²) in [5.41, 5.74) is 5.88. The molecule has 1 aromatic carbocycles. The highest BCUT2D eigenvalue weighted by atomic mass is 19.1. The number of nitrogens with two attached hydrogens (primary N) is 1. The quantitative estimate of drug-likeness (QED) is 0.589. The smallest absolute Gasteiger partial charge is 0.243 e. The van der Waals surface area contributed by atoms with Crippen molar-refractivity contribution in [2.45, 2.75) is 45.2 Å². The minimum absolute atomic E-state index is 0.0831. The second kappa shape index (κ2) is 9.51. The summed E-state index contributed by atoms with van der Waals surface area (Å²) in [6, 6.07) is 3.52. The van der Waals surface area contributed by atoms with Gasteiger partial charge in [0.2, 0.25) is 17.7 Å². The Labute approximate surface area is 145 Å². The van der Waals surface area contributed by atoms with Crippen molar-refractivity contribution in [3.8, 4) is 0 Å². The zero-order valence-corrected chi connectivity index (χ0v) is 14.2. The van der Waals surface area contributed by atoms with Gasteiger partial charge in [0.05, 0.1) is 0 Å². The first-order valence-electron chi connectivity index (χ1n) is 7.79. The van der Waals surface area contributed by atoms with Crippen LogP contribution in [0.2, 0.25) is 0 Å². The average Bonchev–Trinajstić information content (AvgIpc) is 2.51. The van der Waals surface area contributed by atoms with Crippen LogP contribution in [0, 0.1) is 5.82 Å². The summed E-state index contributed by atoms with van der Waals surface area (Å²) in [6.45, 7) is 2.63. The normalized spacial score (nSPS) is 12.8. The average molecular weight is 351 g/mol. The molecule has 0 saturated heterocycles. The highest BCUT2D eigenvalue weighted by Gasteiger charge is 2.25. The Morgan fingerprint density at radius 2 is 1.64 bits per heavy atom. The molecule has 0 aliphatic rings. The third-order valence-electron chi connectivity index (χ3n) is 3.49. The highest BCUT2D eigenvalue weighted by Crippen LogP contribution is 2.07. The maximum Gasteiger partial charge on any atom is 0.243 e. The van der Waals surface area contributed by atoms with E-state index < -0.39 is 35.6 Å². The third-order valence-corrected chi connectivity index (χ3v) is 3.49. The molecule has 0 heterocycles. The molecule has 136 valence electrons. The Bertz CT molecular complexity index is 646. The van der Waals surface area contributed by atoms with Gasteiger partial charge in [-0.05, 0) is 31.0 Å². The summed E-state index contributed by atoms with van der Waals surface area (Å²) >= 11 is 0. The maximum atomic E-state index is 13.0. The molecular weight excluding hydrogens is 329 g/mol. The van der Waals surface area contributed by atoms with Crippen molar-refractivity contribution in [2.75, 3.05) is 0 Å². The van der Waals surface area contributed by atoms with Crippen molar-refractivity contribution in [1.29, 1.82) is 0 Å². The Hall–Kier alpha value is -2.77. The van der Waals surface area contributed by atoms with E-state index in [0.717, 1.165) is 0 Å². The molecule has 4 N–H and O–H groups in total. The molecule has 0 aromatic heterocycles. The molecule has 0 unspecified atom stereocenters. The minimum Gasteiger partial charge on any atom is -0.368 e. The first kappa shape index (κ1) is 20.3. The molecule has 7 nitrogen and oxygen atoms in total. The molecular formula is C17H22FN3O4. The Balaban J connectivity index is 2.83. The topological polar surface area (TPSA) is 118 Å². The van der Waals surface area contributed by atoms with E-state index in [4.69, 9.17) is 5.73 Å². The van der Waals surface area contributed by atoms with Crippen LogP contribution in [0.5, 0.6) is 0 Å². The molecule has 0 spiro atoms. The van der Waals surface area contributed by atoms with Gasteiger partial charge in [-0.15, -0.1) is 0 Å². The summed E-state index contributed by atoms with van der Waals surface area (Å²) in [4.78, 5) is 46.3. The molecule has 8 heteroatoms. The van der Waals surface area contributed by atoms with Crippen molar-refractivity contribution in [3.63, 3.8) is 0 Å². The summed E-state index contributed by atoms with van der Waals surface area (Å²) in [5, 5.41) is 4.94. The van der Waals surface area contributed by atoms with Gasteiger partial charge >= 0.3 is 0 Å². The number of halogens is 1. The number of nitrogens with one attached hydrogen (secondary N) is 2. The van der Waals surface area contributed by atoms with E-state index in [0.29, 0.717) is 5.56 Å². The Morgan fingerprint density at radius 3 is 2.12 bits per heavy atom. The molecule has 3 amide bonds.